The largest absolute Gasteiger partial charge is 0.459 e. The molecule has 132 valence electrons. The van der Waals surface area contributed by atoms with E-state index in [4.69, 9.17) is 4.42 Å². The summed E-state index contributed by atoms with van der Waals surface area (Å²) in [6, 6.07) is 8.89. The Balaban J connectivity index is 1.76. The number of hydrogen-bond acceptors (Lipinski definition) is 4. The van der Waals surface area contributed by atoms with Gasteiger partial charge >= 0.3 is 0 Å². The van der Waals surface area contributed by atoms with Crippen molar-refractivity contribution < 1.29 is 14.0 Å². The van der Waals surface area contributed by atoms with Crippen LogP contribution in [0.25, 0.3) is 0 Å². The molecule has 2 N–H and O–H groups in total. The molecule has 6 heteroatoms. The van der Waals surface area contributed by atoms with Crippen molar-refractivity contribution in [3.63, 3.8) is 0 Å². The Morgan fingerprint density at radius 1 is 1.24 bits per heavy atom. The van der Waals surface area contributed by atoms with Gasteiger partial charge in [0.05, 0.1) is 6.26 Å². The molecule has 2 aromatic rings. The van der Waals surface area contributed by atoms with Crippen molar-refractivity contribution >= 4 is 17.5 Å². The second-order valence-corrected chi connectivity index (χ2v) is 6.36. The van der Waals surface area contributed by atoms with Gasteiger partial charge in [-0.15, -0.1) is 0 Å². The number of carbonyl (C=O) groups is 2. The molecule has 0 saturated carbocycles. The molecule has 1 aromatic carbocycles. The molecule has 1 saturated heterocycles. The van der Waals surface area contributed by atoms with Crippen LogP contribution in [0, 0.1) is 6.92 Å². The number of hydrogen-bond donors (Lipinski definition) is 2. The van der Waals surface area contributed by atoms with Crippen molar-refractivity contribution in [3.8, 4) is 0 Å². The average molecular weight is 341 g/mol. The van der Waals surface area contributed by atoms with Crippen molar-refractivity contribution in [1.82, 2.24) is 10.2 Å². The van der Waals surface area contributed by atoms with Crippen LogP contribution in [0.4, 0.5) is 5.69 Å². The van der Waals surface area contributed by atoms with Crippen molar-refractivity contribution in [3.05, 3.63) is 53.5 Å². The van der Waals surface area contributed by atoms with Crippen LogP contribution in [0.15, 0.2) is 41.0 Å². The van der Waals surface area contributed by atoms with Gasteiger partial charge in [-0.05, 0) is 62.7 Å². The van der Waals surface area contributed by atoms with Gasteiger partial charge in [0.1, 0.15) is 0 Å². The zero-order valence-corrected chi connectivity index (χ0v) is 14.5. The zero-order chi connectivity index (χ0) is 17.8. The number of rotatable bonds is 4. The normalized spacial score (nSPS) is 15.0. The highest BCUT2D eigenvalue weighted by atomic mass is 16.3. The predicted octanol–water partition coefficient (Wildman–Crippen LogP) is 2.66. The molecular formula is C19H23N3O3. The molecule has 0 unspecified atom stereocenters. The van der Waals surface area contributed by atoms with Gasteiger partial charge in [-0.25, -0.2) is 0 Å². The number of benzene rings is 1. The second kappa shape index (κ2) is 7.53. The molecule has 0 bridgehead atoms. The van der Waals surface area contributed by atoms with Gasteiger partial charge in [-0.2, -0.15) is 0 Å². The highest BCUT2D eigenvalue weighted by Crippen LogP contribution is 2.21. The van der Waals surface area contributed by atoms with Gasteiger partial charge in [0.25, 0.3) is 11.8 Å². The lowest BCUT2D eigenvalue weighted by Gasteiger charge is -2.31. The standard InChI is InChI=1S/C19H23N3O3/c1-13-5-6-14(19(24)22(2)15-7-9-20-10-8-15)12-16(13)21-18(23)17-4-3-11-25-17/h3-6,11-12,15,20H,7-10H2,1-2H3,(H,21,23). The molecule has 6 nitrogen and oxygen atoms in total. The van der Waals surface area contributed by atoms with Gasteiger partial charge in [0.2, 0.25) is 0 Å². The van der Waals surface area contributed by atoms with Crippen LogP contribution in [0.5, 0.6) is 0 Å². The van der Waals surface area contributed by atoms with Crippen LogP contribution < -0.4 is 10.6 Å². The third-order valence-corrected chi connectivity index (χ3v) is 4.65. The van der Waals surface area contributed by atoms with E-state index in [1.165, 1.54) is 6.26 Å². The molecule has 25 heavy (non-hydrogen) atoms. The molecule has 0 radical (unpaired) electrons. The van der Waals surface area contributed by atoms with Crippen molar-refractivity contribution in [2.24, 2.45) is 0 Å². The Labute approximate surface area is 147 Å². The first-order valence-electron chi connectivity index (χ1n) is 8.49. The minimum absolute atomic E-state index is 0.0274. The molecule has 2 heterocycles. The van der Waals surface area contributed by atoms with Crippen LogP contribution in [0.1, 0.15) is 39.3 Å². The first-order chi connectivity index (χ1) is 12.1. The van der Waals surface area contributed by atoms with E-state index in [-0.39, 0.29) is 23.6 Å². The van der Waals surface area contributed by atoms with Crippen LogP contribution in [-0.4, -0.2) is 42.9 Å². The lowest BCUT2D eigenvalue weighted by molar-refractivity contribution is 0.0703. The Bertz CT molecular complexity index is 749. The molecule has 2 amide bonds. The van der Waals surface area contributed by atoms with E-state index < -0.39 is 0 Å². The zero-order valence-electron chi connectivity index (χ0n) is 14.5. The van der Waals surface area contributed by atoms with Crippen LogP contribution in [-0.2, 0) is 0 Å². The highest BCUT2D eigenvalue weighted by molar-refractivity contribution is 6.03. The summed E-state index contributed by atoms with van der Waals surface area (Å²) < 4.78 is 5.11. The number of nitrogens with one attached hydrogen (secondary N) is 2. The molecule has 1 fully saturated rings. The fourth-order valence-electron chi connectivity index (χ4n) is 3.04. The Morgan fingerprint density at radius 3 is 2.68 bits per heavy atom. The average Bonchev–Trinajstić information content (AvgIpc) is 3.18. The topological polar surface area (TPSA) is 74.6 Å². The highest BCUT2D eigenvalue weighted by Gasteiger charge is 2.23. The molecule has 1 aromatic heterocycles. The quantitative estimate of drug-likeness (QED) is 0.896. The van der Waals surface area contributed by atoms with Crippen molar-refractivity contribution in [2.45, 2.75) is 25.8 Å². The number of amides is 2. The first kappa shape index (κ1) is 17.2. The van der Waals surface area contributed by atoms with Crippen LogP contribution in [0.3, 0.4) is 0 Å². The van der Waals surface area contributed by atoms with Crippen LogP contribution in [0.2, 0.25) is 0 Å². The Kier molecular flexibility index (Phi) is 5.19. The minimum atomic E-state index is -0.329. The van der Waals surface area contributed by atoms with E-state index in [0.29, 0.717) is 11.3 Å². The number of piperidine rings is 1. The summed E-state index contributed by atoms with van der Waals surface area (Å²) in [5.74, 6) is -0.118. The minimum Gasteiger partial charge on any atom is -0.459 e. The number of nitrogens with zero attached hydrogens (tertiary/aromatic N) is 1. The predicted molar refractivity (Wildman–Crippen MR) is 95.8 cm³/mol. The Morgan fingerprint density at radius 2 is 2.00 bits per heavy atom. The SMILES string of the molecule is Cc1ccc(C(=O)N(C)C2CCNCC2)cc1NC(=O)c1ccco1. The Hall–Kier alpha value is -2.60. The maximum absolute atomic E-state index is 12.8. The number of aryl methyl sites for hydroxylation is 1. The maximum Gasteiger partial charge on any atom is 0.291 e. The summed E-state index contributed by atoms with van der Waals surface area (Å²) in [6.07, 6.45) is 3.36. The van der Waals surface area contributed by atoms with E-state index in [9.17, 15) is 9.59 Å². The van der Waals surface area contributed by atoms with E-state index in [2.05, 4.69) is 10.6 Å². The number of carbonyl (C=O) groups excluding carboxylic acids is 2. The summed E-state index contributed by atoms with van der Waals surface area (Å²) in [6.45, 7) is 3.75. The van der Waals surface area contributed by atoms with E-state index in [0.717, 1.165) is 31.5 Å². The fraction of sp³-hybridized carbons (Fsp3) is 0.368. The summed E-state index contributed by atoms with van der Waals surface area (Å²) >= 11 is 0. The van der Waals surface area contributed by atoms with Crippen LogP contribution >= 0.6 is 0 Å². The lowest BCUT2D eigenvalue weighted by Crippen LogP contribution is -2.43. The molecule has 1 aliphatic heterocycles. The van der Waals surface area contributed by atoms with Gasteiger partial charge in [-0.1, -0.05) is 6.07 Å². The summed E-state index contributed by atoms with van der Waals surface area (Å²) in [5.41, 5.74) is 2.08. The second-order valence-electron chi connectivity index (χ2n) is 6.36. The number of anilines is 1. The monoisotopic (exact) mass is 341 g/mol. The first-order valence-corrected chi connectivity index (χ1v) is 8.49. The van der Waals surface area contributed by atoms with E-state index in [1.54, 1.807) is 24.3 Å². The molecule has 0 aliphatic carbocycles. The van der Waals surface area contributed by atoms with Gasteiger partial charge < -0.3 is 20.0 Å². The molecule has 0 atom stereocenters. The van der Waals surface area contributed by atoms with E-state index in [1.807, 2.05) is 24.9 Å². The summed E-state index contributed by atoms with van der Waals surface area (Å²) in [5, 5.41) is 6.12. The number of furan rings is 1. The third kappa shape index (κ3) is 3.91. The van der Waals surface area contributed by atoms with Gasteiger partial charge in [-0.3, -0.25) is 9.59 Å². The van der Waals surface area contributed by atoms with Crippen molar-refractivity contribution in [2.75, 3.05) is 25.5 Å². The molecule has 3 rings (SSSR count). The summed E-state index contributed by atoms with van der Waals surface area (Å²) in [4.78, 5) is 26.8. The van der Waals surface area contributed by atoms with Gasteiger partial charge in [0.15, 0.2) is 5.76 Å². The van der Waals surface area contributed by atoms with Crippen molar-refractivity contribution in [1.29, 1.82) is 0 Å². The fourth-order valence-corrected chi connectivity index (χ4v) is 3.04. The smallest absolute Gasteiger partial charge is 0.291 e. The maximum atomic E-state index is 12.8. The third-order valence-electron chi connectivity index (χ3n) is 4.65. The molecule has 1 aliphatic rings. The van der Waals surface area contributed by atoms with E-state index >= 15 is 0 Å². The molecular weight excluding hydrogens is 318 g/mol. The van der Waals surface area contributed by atoms with Gasteiger partial charge in [0, 0.05) is 24.3 Å². The lowest BCUT2D eigenvalue weighted by atomic mass is 10.0. The molecule has 0 spiro atoms. The summed E-state index contributed by atoms with van der Waals surface area (Å²) in [7, 11) is 1.85.